The number of carboxylic acids is 2. The summed E-state index contributed by atoms with van der Waals surface area (Å²) in [7, 11) is 0. The summed E-state index contributed by atoms with van der Waals surface area (Å²) in [4.78, 5) is 21.1. The van der Waals surface area contributed by atoms with Crippen molar-refractivity contribution in [2.24, 2.45) is 0 Å². The SMILES string of the molecule is Cc1cccc(C)c1Br.O=C(O)c1cccc(C(=O)O)c1Br. The van der Waals surface area contributed by atoms with Gasteiger partial charge in [-0.15, -0.1) is 0 Å². The molecule has 0 bridgehead atoms. The molecule has 0 amide bonds. The van der Waals surface area contributed by atoms with Crippen LogP contribution in [0, 0.1) is 13.8 Å². The molecule has 0 atom stereocenters. The second kappa shape index (κ2) is 8.10. The molecule has 2 aromatic carbocycles. The van der Waals surface area contributed by atoms with Gasteiger partial charge in [-0.2, -0.15) is 0 Å². The van der Waals surface area contributed by atoms with Crippen LogP contribution in [0.3, 0.4) is 0 Å². The lowest BCUT2D eigenvalue weighted by molar-refractivity contribution is 0.0696. The fourth-order valence-electron chi connectivity index (χ4n) is 1.66. The van der Waals surface area contributed by atoms with Crippen LogP contribution in [0.1, 0.15) is 31.8 Å². The topological polar surface area (TPSA) is 74.6 Å². The minimum Gasteiger partial charge on any atom is -0.478 e. The molecule has 0 radical (unpaired) electrons. The summed E-state index contributed by atoms with van der Waals surface area (Å²) < 4.78 is 1.32. The average Bonchev–Trinajstić information content (AvgIpc) is 2.45. The first-order valence-corrected chi connectivity index (χ1v) is 7.81. The lowest BCUT2D eigenvalue weighted by Gasteiger charge is -2.01. The summed E-state index contributed by atoms with van der Waals surface area (Å²) in [6.45, 7) is 4.19. The lowest BCUT2D eigenvalue weighted by Crippen LogP contribution is -2.04. The van der Waals surface area contributed by atoms with E-state index >= 15 is 0 Å². The first-order chi connectivity index (χ1) is 10.3. The molecule has 0 aliphatic heterocycles. The van der Waals surface area contributed by atoms with Gasteiger partial charge in [-0.3, -0.25) is 0 Å². The van der Waals surface area contributed by atoms with Crippen molar-refractivity contribution in [1.82, 2.24) is 0 Å². The van der Waals surface area contributed by atoms with Crippen molar-refractivity contribution in [2.45, 2.75) is 13.8 Å². The van der Waals surface area contributed by atoms with E-state index in [1.807, 2.05) is 0 Å². The van der Waals surface area contributed by atoms with Crippen LogP contribution in [0.15, 0.2) is 45.3 Å². The van der Waals surface area contributed by atoms with Gasteiger partial charge >= 0.3 is 11.9 Å². The predicted molar refractivity (Wildman–Crippen MR) is 91.7 cm³/mol. The van der Waals surface area contributed by atoms with E-state index in [4.69, 9.17) is 10.2 Å². The predicted octanol–water partition coefficient (Wildman–Crippen LogP) is 4.91. The third-order valence-electron chi connectivity index (χ3n) is 2.84. The third-order valence-corrected chi connectivity index (χ3v) is 4.95. The number of hydrogen-bond donors (Lipinski definition) is 2. The molecule has 22 heavy (non-hydrogen) atoms. The molecule has 0 saturated heterocycles. The van der Waals surface area contributed by atoms with E-state index in [0.29, 0.717) is 0 Å². The van der Waals surface area contributed by atoms with Crippen LogP contribution >= 0.6 is 31.9 Å². The molecule has 116 valence electrons. The number of rotatable bonds is 2. The van der Waals surface area contributed by atoms with Gasteiger partial charge in [0.25, 0.3) is 0 Å². The summed E-state index contributed by atoms with van der Waals surface area (Å²) >= 11 is 6.40. The van der Waals surface area contributed by atoms with Gasteiger partial charge < -0.3 is 10.2 Å². The normalized spacial score (nSPS) is 9.64. The Morgan fingerprint density at radius 2 is 1.14 bits per heavy atom. The summed E-state index contributed by atoms with van der Waals surface area (Å²) in [6.07, 6.45) is 0. The quantitative estimate of drug-likeness (QED) is 0.710. The van der Waals surface area contributed by atoms with Crippen LogP contribution < -0.4 is 0 Å². The second-order valence-electron chi connectivity index (χ2n) is 4.48. The Hall–Kier alpha value is -1.66. The Morgan fingerprint density at radius 3 is 1.45 bits per heavy atom. The summed E-state index contributed by atoms with van der Waals surface area (Å²) in [5, 5.41) is 17.3. The Bertz CT molecular complexity index is 659. The van der Waals surface area contributed by atoms with Crippen LogP contribution in [0.2, 0.25) is 0 Å². The molecule has 0 heterocycles. The number of carboxylic acid groups (broad SMARTS) is 2. The zero-order valence-electron chi connectivity index (χ0n) is 11.9. The molecule has 0 aliphatic rings. The van der Waals surface area contributed by atoms with E-state index < -0.39 is 11.9 Å². The minimum atomic E-state index is -1.16. The maximum atomic E-state index is 10.6. The van der Waals surface area contributed by atoms with Crippen molar-refractivity contribution in [2.75, 3.05) is 0 Å². The number of aromatic carboxylic acids is 2. The minimum absolute atomic E-state index is 0.0556. The third kappa shape index (κ3) is 4.68. The van der Waals surface area contributed by atoms with Crippen molar-refractivity contribution >= 4 is 43.8 Å². The number of carbonyl (C=O) groups is 2. The molecule has 2 N–H and O–H groups in total. The number of halogens is 2. The first-order valence-electron chi connectivity index (χ1n) is 6.22. The Labute approximate surface area is 145 Å². The van der Waals surface area contributed by atoms with E-state index in [-0.39, 0.29) is 15.6 Å². The molecule has 0 unspecified atom stereocenters. The summed E-state index contributed by atoms with van der Waals surface area (Å²) in [6, 6.07) is 10.3. The van der Waals surface area contributed by atoms with E-state index in [2.05, 4.69) is 63.9 Å². The van der Waals surface area contributed by atoms with Crippen LogP contribution in [0.25, 0.3) is 0 Å². The highest BCUT2D eigenvalue weighted by atomic mass is 79.9. The highest BCUT2D eigenvalue weighted by Crippen LogP contribution is 2.21. The smallest absolute Gasteiger partial charge is 0.336 e. The van der Waals surface area contributed by atoms with Crippen LogP contribution in [-0.4, -0.2) is 22.2 Å². The van der Waals surface area contributed by atoms with Gasteiger partial charge in [-0.25, -0.2) is 9.59 Å². The standard InChI is InChI=1S/C8H5BrO4.C8H9Br/c9-6-4(7(10)11)2-1-3-5(6)8(12)13;1-6-4-3-5-7(2)8(6)9/h1-3H,(H,10,11)(H,12,13);3-5H,1-2H3. The van der Waals surface area contributed by atoms with Gasteiger partial charge in [-0.1, -0.05) is 40.2 Å². The van der Waals surface area contributed by atoms with Gasteiger partial charge in [-0.05, 0) is 53.0 Å². The van der Waals surface area contributed by atoms with Crippen LogP contribution in [0.5, 0.6) is 0 Å². The fourth-order valence-corrected chi connectivity index (χ4v) is 2.52. The monoisotopic (exact) mass is 428 g/mol. The molecule has 2 rings (SSSR count). The summed E-state index contributed by atoms with van der Waals surface area (Å²) in [5.74, 6) is -2.31. The van der Waals surface area contributed by atoms with E-state index in [0.717, 1.165) is 0 Å². The van der Waals surface area contributed by atoms with Gasteiger partial charge in [0.2, 0.25) is 0 Å². The maximum Gasteiger partial charge on any atom is 0.336 e. The highest BCUT2D eigenvalue weighted by molar-refractivity contribution is 9.11. The molecule has 2 aromatic rings. The largest absolute Gasteiger partial charge is 0.478 e. The molecule has 6 heteroatoms. The number of aryl methyl sites for hydroxylation is 2. The molecule has 4 nitrogen and oxygen atoms in total. The van der Waals surface area contributed by atoms with Crippen molar-refractivity contribution in [3.63, 3.8) is 0 Å². The van der Waals surface area contributed by atoms with Gasteiger partial charge in [0.05, 0.1) is 11.1 Å². The average molecular weight is 430 g/mol. The van der Waals surface area contributed by atoms with Gasteiger partial charge in [0.1, 0.15) is 0 Å². The summed E-state index contributed by atoms with van der Waals surface area (Å²) in [5.41, 5.74) is 2.49. The Morgan fingerprint density at radius 1 is 0.773 bits per heavy atom. The lowest BCUT2D eigenvalue weighted by atomic mass is 10.1. The first kappa shape index (κ1) is 18.4. The van der Waals surface area contributed by atoms with Crippen LogP contribution in [-0.2, 0) is 0 Å². The molecule has 0 saturated carbocycles. The van der Waals surface area contributed by atoms with E-state index in [1.54, 1.807) is 0 Å². The Balaban J connectivity index is 0.000000235. The highest BCUT2D eigenvalue weighted by Gasteiger charge is 2.15. The zero-order chi connectivity index (χ0) is 16.9. The van der Waals surface area contributed by atoms with Gasteiger partial charge in [0.15, 0.2) is 0 Å². The van der Waals surface area contributed by atoms with Crippen molar-refractivity contribution in [1.29, 1.82) is 0 Å². The molecule has 0 fully saturated rings. The molecular weight excluding hydrogens is 416 g/mol. The molecule has 0 aliphatic carbocycles. The molecule has 0 aromatic heterocycles. The van der Waals surface area contributed by atoms with E-state index in [1.165, 1.54) is 33.8 Å². The molecule has 0 spiro atoms. The maximum absolute atomic E-state index is 10.6. The zero-order valence-corrected chi connectivity index (χ0v) is 15.1. The Kier molecular flexibility index (Phi) is 6.77. The second-order valence-corrected chi connectivity index (χ2v) is 6.07. The van der Waals surface area contributed by atoms with Gasteiger partial charge in [0, 0.05) is 8.95 Å². The van der Waals surface area contributed by atoms with Crippen molar-refractivity contribution < 1.29 is 19.8 Å². The van der Waals surface area contributed by atoms with Crippen LogP contribution in [0.4, 0.5) is 0 Å². The number of hydrogen-bond acceptors (Lipinski definition) is 2. The van der Waals surface area contributed by atoms with Crippen molar-refractivity contribution in [3.05, 3.63) is 67.6 Å². The van der Waals surface area contributed by atoms with Crippen molar-refractivity contribution in [3.8, 4) is 0 Å². The molecular formula is C16H14Br2O4. The van der Waals surface area contributed by atoms with E-state index in [9.17, 15) is 9.59 Å². The number of benzene rings is 2. The fraction of sp³-hybridized carbons (Fsp3) is 0.125.